The zero-order valence-electron chi connectivity index (χ0n) is 22.3. The summed E-state index contributed by atoms with van der Waals surface area (Å²) in [5.41, 5.74) is 17.2. The minimum absolute atomic E-state index is 0.0364. The molecule has 1 heterocycles. The van der Waals surface area contributed by atoms with Gasteiger partial charge in [0.2, 0.25) is 11.8 Å². The Bertz CT molecular complexity index is 1160. The van der Waals surface area contributed by atoms with E-state index in [4.69, 9.17) is 17.2 Å². The number of fused-ring (bicyclic) bond motifs is 1. The second kappa shape index (κ2) is 13.8. The Morgan fingerprint density at radius 1 is 1.02 bits per heavy atom. The van der Waals surface area contributed by atoms with Gasteiger partial charge in [0, 0.05) is 45.8 Å². The van der Waals surface area contributed by atoms with Gasteiger partial charge in [-0.05, 0) is 41.7 Å². The molecule has 12 heteroatoms. The maximum atomic E-state index is 13.6. The summed E-state index contributed by atoms with van der Waals surface area (Å²) in [6.45, 7) is 1.02. The van der Waals surface area contributed by atoms with Crippen molar-refractivity contribution in [1.82, 2.24) is 15.1 Å². The smallest absolute Gasteiger partial charge is 0.340 e. The Morgan fingerprint density at radius 3 is 2.27 bits per heavy atom. The highest BCUT2D eigenvalue weighted by Gasteiger charge is 2.36. The third-order valence-electron chi connectivity index (χ3n) is 6.97. The zero-order valence-corrected chi connectivity index (χ0v) is 22.3. The molecule has 0 aliphatic carbocycles. The number of nitrogens with one attached hydrogen (secondary N) is 1. The minimum atomic E-state index is -4.48. The van der Waals surface area contributed by atoms with Gasteiger partial charge in [0.25, 0.3) is 0 Å². The number of aryl methyl sites for hydroxylation is 1. The fourth-order valence-corrected chi connectivity index (χ4v) is 4.74. The second-order valence-corrected chi connectivity index (χ2v) is 10.1. The van der Waals surface area contributed by atoms with E-state index in [2.05, 4.69) is 5.32 Å². The molecule has 0 spiro atoms. The van der Waals surface area contributed by atoms with Crippen LogP contribution in [0.15, 0.2) is 48.5 Å². The summed E-state index contributed by atoms with van der Waals surface area (Å²) in [5, 5.41) is 3.08. The molecular weight excluding hydrogens is 525 g/mol. The summed E-state index contributed by atoms with van der Waals surface area (Å²) in [5.74, 6) is -0.705. The quantitative estimate of drug-likeness (QED) is 0.253. The van der Waals surface area contributed by atoms with E-state index < -0.39 is 23.3 Å². The lowest BCUT2D eigenvalue weighted by Gasteiger charge is -2.30. The summed E-state index contributed by atoms with van der Waals surface area (Å²) < 4.78 is 39.6. The number of carbonyl (C=O) groups excluding carboxylic acids is 3. The number of benzene rings is 2. The number of hydrogen-bond acceptors (Lipinski definition) is 7. The van der Waals surface area contributed by atoms with Crippen molar-refractivity contribution in [2.45, 2.75) is 50.1 Å². The SMILES string of the molecule is NCCN(CCN)C(=O)C[C@](N)(C=O)CN[C@@H](CCc1ccccc1)C(=O)N1Cc2ccc(C(F)(F)F)cc2C1. The molecule has 0 aromatic heterocycles. The van der Waals surface area contributed by atoms with E-state index in [1.54, 1.807) is 0 Å². The van der Waals surface area contributed by atoms with E-state index in [0.29, 0.717) is 30.3 Å². The Morgan fingerprint density at radius 2 is 1.68 bits per heavy atom. The number of aldehydes is 1. The lowest BCUT2D eigenvalue weighted by molar-refractivity contribution is -0.137. The number of carbonyl (C=O) groups is 3. The first-order valence-corrected chi connectivity index (χ1v) is 13.2. The fourth-order valence-electron chi connectivity index (χ4n) is 4.74. The molecule has 0 fully saturated rings. The van der Waals surface area contributed by atoms with Crippen LogP contribution in [-0.4, -0.2) is 72.2 Å². The molecular formula is C28H37F3N6O3. The predicted molar refractivity (Wildman–Crippen MR) is 145 cm³/mol. The van der Waals surface area contributed by atoms with Crippen LogP contribution in [0.3, 0.4) is 0 Å². The van der Waals surface area contributed by atoms with Gasteiger partial charge in [0.05, 0.1) is 23.6 Å². The van der Waals surface area contributed by atoms with Gasteiger partial charge < -0.3 is 37.1 Å². The van der Waals surface area contributed by atoms with Crippen molar-refractivity contribution in [3.63, 3.8) is 0 Å². The standard InChI is InChI=1S/C28H37F3N6O3/c29-28(30,31)23-8-7-21-16-37(17-22(21)14-23)26(40)24(9-6-20-4-2-1-3-5-20)35-18-27(34,19-38)15-25(39)36(12-10-32)13-11-33/h1-5,7-8,14,19,24,35H,6,9-13,15-18,32-34H2/t24-,27+/m0/s1. The molecule has 0 radical (unpaired) electrons. The first kappa shape index (κ1) is 31.2. The topological polar surface area (TPSA) is 148 Å². The van der Waals surface area contributed by atoms with Crippen molar-refractivity contribution in [1.29, 1.82) is 0 Å². The number of rotatable bonds is 14. The molecule has 218 valence electrons. The first-order valence-electron chi connectivity index (χ1n) is 13.2. The molecule has 1 aliphatic heterocycles. The van der Waals surface area contributed by atoms with E-state index >= 15 is 0 Å². The maximum absolute atomic E-state index is 13.6. The molecule has 2 aromatic carbocycles. The van der Waals surface area contributed by atoms with Crippen molar-refractivity contribution in [3.8, 4) is 0 Å². The fraction of sp³-hybridized carbons (Fsp3) is 0.464. The summed E-state index contributed by atoms with van der Waals surface area (Å²) >= 11 is 0. The molecule has 9 nitrogen and oxygen atoms in total. The van der Waals surface area contributed by atoms with Crippen molar-refractivity contribution in [3.05, 3.63) is 70.8 Å². The molecule has 2 aromatic rings. The summed E-state index contributed by atoms with van der Waals surface area (Å²) in [6.07, 6.45) is -3.42. The van der Waals surface area contributed by atoms with Gasteiger partial charge in [-0.2, -0.15) is 13.2 Å². The molecule has 2 atom stereocenters. The molecule has 7 N–H and O–H groups in total. The molecule has 2 amide bonds. The van der Waals surface area contributed by atoms with Gasteiger partial charge in [0.15, 0.2) is 0 Å². The van der Waals surface area contributed by atoms with E-state index in [1.807, 2.05) is 30.3 Å². The Hall–Kier alpha value is -3.32. The van der Waals surface area contributed by atoms with Gasteiger partial charge in [-0.1, -0.05) is 36.4 Å². The molecule has 0 unspecified atom stereocenters. The third-order valence-corrected chi connectivity index (χ3v) is 6.97. The van der Waals surface area contributed by atoms with Crippen LogP contribution in [0.5, 0.6) is 0 Å². The summed E-state index contributed by atoms with van der Waals surface area (Å²) in [6, 6.07) is 12.2. The van der Waals surface area contributed by atoms with Gasteiger partial charge in [-0.3, -0.25) is 9.59 Å². The average Bonchev–Trinajstić information content (AvgIpc) is 3.36. The van der Waals surface area contributed by atoms with Gasteiger partial charge >= 0.3 is 6.18 Å². The molecule has 0 saturated carbocycles. The van der Waals surface area contributed by atoms with Gasteiger partial charge in [0.1, 0.15) is 6.29 Å². The number of hydrogen-bond donors (Lipinski definition) is 4. The van der Waals surface area contributed by atoms with Crippen LogP contribution in [0.25, 0.3) is 0 Å². The van der Waals surface area contributed by atoms with Crippen LogP contribution in [0.2, 0.25) is 0 Å². The highest BCUT2D eigenvalue weighted by atomic mass is 19.4. The molecule has 1 aliphatic rings. The van der Waals surface area contributed by atoms with Crippen molar-refractivity contribution in [2.75, 3.05) is 32.7 Å². The first-order chi connectivity index (χ1) is 19.0. The monoisotopic (exact) mass is 562 g/mol. The van der Waals surface area contributed by atoms with E-state index in [9.17, 15) is 27.6 Å². The number of nitrogens with two attached hydrogens (primary N) is 3. The van der Waals surface area contributed by atoms with Crippen molar-refractivity contribution >= 4 is 18.1 Å². The second-order valence-electron chi connectivity index (χ2n) is 10.1. The Labute approximate surface area is 231 Å². The van der Waals surface area contributed by atoms with Gasteiger partial charge in [-0.25, -0.2) is 0 Å². The lowest BCUT2D eigenvalue weighted by Crippen LogP contribution is -2.57. The van der Waals surface area contributed by atoms with E-state index in [1.165, 1.54) is 15.9 Å². The van der Waals surface area contributed by atoms with E-state index in [0.717, 1.165) is 17.7 Å². The van der Waals surface area contributed by atoms with Crippen LogP contribution in [0, 0.1) is 0 Å². The predicted octanol–water partition coefficient (Wildman–Crippen LogP) is 1.17. The highest BCUT2D eigenvalue weighted by Crippen LogP contribution is 2.33. The lowest BCUT2D eigenvalue weighted by atomic mass is 9.96. The Balaban J connectivity index is 1.74. The van der Waals surface area contributed by atoms with Crippen LogP contribution in [0.4, 0.5) is 13.2 Å². The average molecular weight is 563 g/mol. The van der Waals surface area contributed by atoms with Crippen LogP contribution < -0.4 is 22.5 Å². The van der Waals surface area contributed by atoms with Crippen LogP contribution in [0.1, 0.15) is 35.1 Å². The normalized spacial score (nSPS) is 15.3. The molecule has 40 heavy (non-hydrogen) atoms. The van der Waals surface area contributed by atoms with Crippen LogP contribution in [-0.2, 0) is 40.1 Å². The number of amides is 2. The highest BCUT2D eigenvalue weighted by molar-refractivity contribution is 5.84. The number of halogens is 3. The molecule has 3 rings (SSSR count). The number of nitrogens with zero attached hydrogens (tertiary/aromatic N) is 2. The maximum Gasteiger partial charge on any atom is 0.416 e. The van der Waals surface area contributed by atoms with Crippen molar-refractivity contribution in [2.24, 2.45) is 17.2 Å². The minimum Gasteiger partial charge on any atom is -0.340 e. The van der Waals surface area contributed by atoms with Crippen LogP contribution >= 0.6 is 0 Å². The third kappa shape index (κ3) is 8.34. The van der Waals surface area contributed by atoms with Crippen molar-refractivity contribution < 1.29 is 27.6 Å². The molecule has 0 bridgehead atoms. The summed E-state index contributed by atoms with van der Waals surface area (Å²) in [7, 11) is 0. The zero-order chi connectivity index (χ0) is 29.3. The number of alkyl halides is 3. The molecule has 0 saturated heterocycles. The largest absolute Gasteiger partial charge is 0.416 e. The van der Waals surface area contributed by atoms with Gasteiger partial charge in [-0.15, -0.1) is 0 Å². The Kier molecular flexibility index (Phi) is 10.8. The van der Waals surface area contributed by atoms with E-state index in [-0.39, 0.29) is 64.0 Å². The summed E-state index contributed by atoms with van der Waals surface area (Å²) in [4.78, 5) is 41.4.